The smallest absolute Gasteiger partial charge is 0.464 e. The van der Waals surface area contributed by atoms with Crippen molar-refractivity contribution in [3.63, 3.8) is 0 Å². The normalized spacial score (nSPS) is 33.5. The monoisotopic (exact) mass is 489 g/mol. The first-order valence-corrected chi connectivity index (χ1v) is 11.5. The van der Waals surface area contributed by atoms with Gasteiger partial charge in [0.1, 0.15) is 17.6 Å². The number of allylic oxidation sites excluding steroid dienone is 1. The van der Waals surface area contributed by atoms with E-state index in [1.165, 1.54) is 0 Å². The number of amides is 3. The van der Waals surface area contributed by atoms with Crippen molar-refractivity contribution in [2.75, 3.05) is 13.2 Å². The van der Waals surface area contributed by atoms with Gasteiger partial charge in [0.25, 0.3) is 0 Å². The van der Waals surface area contributed by atoms with Crippen LogP contribution in [0.5, 0.6) is 0 Å². The first-order valence-electron chi connectivity index (χ1n) is 11.5. The number of halogens is 3. The second-order valence-electron chi connectivity index (χ2n) is 8.98. The van der Waals surface area contributed by atoms with E-state index in [0.29, 0.717) is 32.1 Å². The van der Waals surface area contributed by atoms with Crippen LogP contribution in [0.3, 0.4) is 0 Å². The van der Waals surface area contributed by atoms with Crippen LogP contribution in [0.4, 0.5) is 13.2 Å². The minimum atomic E-state index is -5.17. The number of hydrogen-bond acceptors (Lipinski definition) is 6. The number of ether oxygens (including phenoxy) is 1. The zero-order valence-electron chi connectivity index (χ0n) is 18.9. The third kappa shape index (κ3) is 5.70. The highest BCUT2D eigenvalue weighted by atomic mass is 19.4. The van der Waals surface area contributed by atoms with E-state index in [1.54, 1.807) is 12.2 Å². The molecule has 1 saturated heterocycles. The summed E-state index contributed by atoms with van der Waals surface area (Å²) in [4.78, 5) is 51.5. The SMILES string of the molecule is CCOC(=O)[C@@]12C[C@@H]1/C=C\CCCCC[C@H](NC(=O)C(F)(F)F)C(=O)N1C[C@H](O)C[C@H]1C(=O)N2. The first kappa shape index (κ1) is 26.0. The maximum Gasteiger partial charge on any atom is 0.471 e. The van der Waals surface area contributed by atoms with Crippen molar-refractivity contribution in [2.24, 2.45) is 5.92 Å². The third-order valence-electron chi connectivity index (χ3n) is 6.46. The van der Waals surface area contributed by atoms with Gasteiger partial charge < -0.3 is 25.4 Å². The Morgan fingerprint density at radius 2 is 2.03 bits per heavy atom. The molecule has 3 aliphatic rings. The number of nitrogens with zero attached hydrogens (tertiary/aromatic N) is 1. The number of nitrogens with one attached hydrogen (secondary N) is 2. The van der Waals surface area contributed by atoms with Gasteiger partial charge in [0.15, 0.2) is 0 Å². The quantitative estimate of drug-likeness (QED) is 0.401. The van der Waals surface area contributed by atoms with E-state index in [4.69, 9.17) is 4.74 Å². The molecule has 2 heterocycles. The summed E-state index contributed by atoms with van der Waals surface area (Å²) in [5, 5.41) is 14.6. The Morgan fingerprint density at radius 3 is 2.71 bits per heavy atom. The van der Waals surface area contributed by atoms with E-state index < -0.39 is 53.6 Å². The molecule has 3 N–H and O–H groups in total. The van der Waals surface area contributed by atoms with Crippen LogP contribution < -0.4 is 10.6 Å². The molecule has 1 saturated carbocycles. The number of rotatable bonds is 3. The van der Waals surface area contributed by atoms with E-state index in [1.807, 2.05) is 12.2 Å². The summed E-state index contributed by atoms with van der Waals surface area (Å²) < 4.78 is 43.7. The summed E-state index contributed by atoms with van der Waals surface area (Å²) in [5.74, 6) is -4.71. The fraction of sp³-hybridized carbons (Fsp3) is 0.727. The van der Waals surface area contributed by atoms with Crippen LogP contribution >= 0.6 is 0 Å². The highest BCUT2D eigenvalue weighted by Crippen LogP contribution is 2.46. The molecule has 0 unspecified atom stereocenters. The average molecular weight is 489 g/mol. The zero-order chi connectivity index (χ0) is 25.1. The fourth-order valence-electron chi connectivity index (χ4n) is 4.56. The number of aliphatic hydroxyl groups excluding tert-OH is 1. The number of aliphatic hydroxyl groups is 1. The van der Waals surface area contributed by atoms with Crippen LogP contribution in [-0.2, 0) is 23.9 Å². The van der Waals surface area contributed by atoms with Gasteiger partial charge in [-0.15, -0.1) is 0 Å². The lowest BCUT2D eigenvalue weighted by molar-refractivity contribution is -0.175. The highest BCUT2D eigenvalue weighted by Gasteiger charge is 2.62. The van der Waals surface area contributed by atoms with E-state index in [9.17, 15) is 37.5 Å². The van der Waals surface area contributed by atoms with Crippen molar-refractivity contribution in [2.45, 2.75) is 81.8 Å². The lowest BCUT2D eigenvalue weighted by Crippen LogP contribution is -2.57. The minimum Gasteiger partial charge on any atom is -0.464 e. The van der Waals surface area contributed by atoms with E-state index in [0.717, 1.165) is 4.90 Å². The summed E-state index contributed by atoms with van der Waals surface area (Å²) >= 11 is 0. The lowest BCUT2D eigenvalue weighted by Gasteiger charge is -2.30. The second kappa shape index (κ2) is 10.3. The highest BCUT2D eigenvalue weighted by molar-refractivity contribution is 5.97. The number of hydrogen-bond donors (Lipinski definition) is 3. The molecule has 0 spiro atoms. The molecule has 5 atom stereocenters. The van der Waals surface area contributed by atoms with Crippen molar-refractivity contribution in [1.82, 2.24) is 15.5 Å². The average Bonchev–Trinajstić information content (AvgIpc) is 3.31. The summed E-state index contributed by atoms with van der Waals surface area (Å²) in [5.41, 5.74) is -1.28. The van der Waals surface area contributed by atoms with Crippen molar-refractivity contribution >= 4 is 23.7 Å². The Hall–Kier alpha value is -2.63. The number of esters is 1. The maximum atomic E-state index is 13.2. The predicted octanol–water partition coefficient (Wildman–Crippen LogP) is 0.954. The number of alkyl halides is 3. The Morgan fingerprint density at radius 1 is 1.29 bits per heavy atom. The molecule has 2 fully saturated rings. The lowest BCUT2D eigenvalue weighted by atomic mass is 10.0. The van der Waals surface area contributed by atoms with Crippen LogP contribution in [0.25, 0.3) is 0 Å². The van der Waals surface area contributed by atoms with Crippen molar-refractivity contribution in [3.05, 3.63) is 12.2 Å². The molecule has 3 amide bonds. The van der Waals surface area contributed by atoms with E-state index in [2.05, 4.69) is 5.32 Å². The minimum absolute atomic E-state index is 0.0410. The predicted molar refractivity (Wildman–Crippen MR) is 112 cm³/mol. The summed E-state index contributed by atoms with van der Waals surface area (Å²) in [6.07, 6.45) is -0.0500. The van der Waals surface area contributed by atoms with Gasteiger partial charge in [0, 0.05) is 18.9 Å². The molecule has 0 radical (unpaired) electrons. The standard InChI is InChI=1S/C22H30F3N3O6/c1-2-34-20(33)21-11-13(21)8-6-4-3-5-7-9-15(26-19(32)22(23,24)25)18(31)28-12-14(29)10-16(28)17(30)27-21/h6,8,13-16,29H,2-5,7,9-12H2,1H3,(H,26,32)(H,27,30)/b8-6-/t13-,14+,15-,16-,21+/m0/s1. The molecule has 34 heavy (non-hydrogen) atoms. The second-order valence-corrected chi connectivity index (χ2v) is 8.98. The molecular formula is C22H30F3N3O6. The zero-order valence-corrected chi connectivity index (χ0v) is 18.9. The molecule has 3 rings (SSSR count). The van der Waals surface area contributed by atoms with Gasteiger partial charge in [-0.1, -0.05) is 25.0 Å². The van der Waals surface area contributed by atoms with Gasteiger partial charge >= 0.3 is 18.1 Å². The van der Waals surface area contributed by atoms with Crippen LogP contribution in [-0.4, -0.2) is 76.8 Å². The van der Waals surface area contributed by atoms with E-state index in [-0.39, 0.29) is 31.9 Å². The van der Waals surface area contributed by atoms with Crippen molar-refractivity contribution in [3.8, 4) is 0 Å². The molecular weight excluding hydrogens is 459 g/mol. The topological polar surface area (TPSA) is 125 Å². The molecule has 9 nitrogen and oxygen atoms in total. The first-order chi connectivity index (χ1) is 16.0. The molecule has 0 bridgehead atoms. The Kier molecular flexibility index (Phi) is 7.89. The van der Waals surface area contributed by atoms with Gasteiger partial charge in [-0.05, 0) is 32.6 Å². The van der Waals surface area contributed by atoms with Gasteiger partial charge in [-0.2, -0.15) is 13.2 Å². The number of carbonyl (C=O) groups excluding carboxylic acids is 4. The Balaban J connectivity index is 1.87. The largest absolute Gasteiger partial charge is 0.471 e. The Labute approximate surface area is 195 Å². The molecule has 1 aliphatic carbocycles. The van der Waals surface area contributed by atoms with Crippen LogP contribution in [0.2, 0.25) is 0 Å². The molecule has 12 heteroatoms. The Bertz CT molecular complexity index is 848. The number of carbonyl (C=O) groups is 4. The fourth-order valence-corrected chi connectivity index (χ4v) is 4.56. The summed E-state index contributed by atoms with van der Waals surface area (Å²) in [7, 11) is 0. The maximum absolute atomic E-state index is 13.2. The summed E-state index contributed by atoms with van der Waals surface area (Å²) in [6, 6.07) is -2.70. The molecule has 0 aromatic rings. The van der Waals surface area contributed by atoms with Crippen LogP contribution in [0.15, 0.2) is 12.2 Å². The van der Waals surface area contributed by atoms with Crippen LogP contribution in [0.1, 0.15) is 51.9 Å². The van der Waals surface area contributed by atoms with Gasteiger partial charge in [0.05, 0.1) is 12.7 Å². The van der Waals surface area contributed by atoms with Gasteiger partial charge in [-0.25, -0.2) is 4.79 Å². The van der Waals surface area contributed by atoms with Gasteiger partial charge in [0.2, 0.25) is 11.8 Å². The van der Waals surface area contributed by atoms with Crippen molar-refractivity contribution in [1.29, 1.82) is 0 Å². The summed E-state index contributed by atoms with van der Waals surface area (Å²) in [6.45, 7) is 1.48. The molecule has 190 valence electrons. The third-order valence-corrected chi connectivity index (χ3v) is 6.46. The van der Waals surface area contributed by atoms with Crippen molar-refractivity contribution < 1.29 is 42.2 Å². The molecule has 0 aromatic heterocycles. The van der Waals surface area contributed by atoms with E-state index >= 15 is 0 Å². The molecule has 2 aliphatic heterocycles. The van der Waals surface area contributed by atoms with Crippen LogP contribution in [0, 0.1) is 5.92 Å². The number of fused-ring (bicyclic) bond motifs is 2. The van der Waals surface area contributed by atoms with Gasteiger partial charge in [-0.3, -0.25) is 14.4 Å². The molecule has 0 aromatic carbocycles.